The molecule has 0 aliphatic carbocycles. The molecule has 82 valence electrons. The molecule has 1 saturated heterocycles. The largest absolute Gasteiger partial charge is 0.478 e. The Balaban J connectivity index is 2.65. The summed E-state index contributed by atoms with van der Waals surface area (Å²) in [5, 5.41) is 11.1. The molecule has 0 atom stereocenters. The number of nitrogens with one attached hydrogen (secondary N) is 1. The summed E-state index contributed by atoms with van der Waals surface area (Å²) < 4.78 is 0. The number of nitrogens with zero attached hydrogens (tertiary/aromatic N) is 1. The van der Waals surface area contributed by atoms with Gasteiger partial charge in [-0.25, -0.2) is 9.59 Å². The fourth-order valence-electron chi connectivity index (χ4n) is 1.22. The second kappa shape index (κ2) is 4.59. The van der Waals surface area contributed by atoms with Crippen LogP contribution in [0, 0.1) is 0 Å². The van der Waals surface area contributed by atoms with Crippen LogP contribution in [-0.2, 0) is 9.59 Å². The lowest BCUT2D eigenvalue weighted by Crippen LogP contribution is -2.31. The van der Waals surface area contributed by atoms with E-state index in [1.165, 1.54) is 6.08 Å². The number of carboxylic acid groups (broad SMARTS) is 1. The van der Waals surface area contributed by atoms with Gasteiger partial charge >= 0.3 is 12.0 Å². The van der Waals surface area contributed by atoms with E-state index < -0.39 is 12.0 Å². The molecule has 0 aromatic heterocycles. The summed E-state index contributed by atoms with van der Waals surface area (Å²) >= 11 is 0. The highest BCUT2D eigenvalue weighted by molar-refractivity contribution is 6.02. The first-order chi connectivity index (χ1) is 7.06. The molecule has 6 nitrogen and oxygen atoms in total. The average Bonchev–Trinajstić information content (AvgIpc) is 2.49. The minimum absolute atomic E-state index is 0.0127. The normalized spacial score (nSPS) is 16.9. The van der Waals surface area contributed by atoms with Crippen LogP contribution in [-0.4, -0.2) is 41.0 Å². The summed E-state index contributed by atoms with van der Waals surface area (Å²) in [4.78, 5) is 33.8. The molecule has 0 bridgehead atoms. The van der Waals surface area contributed by atoms with Crippen molar-refractivity contribution in [3.63, 3.8) is 0 Å². The number of urea groups is 1. The Morgan fingerprint density at radius 3 is 2.67 bits per heavy atom. The number of amides is 3. The van der Waals surface area contributed by atoms with Gasteiger partial charge in [-0.15, -0.1) is 0 Å². The van der Waals surface area contributed by atoms with E-state index in [4.69, 9.17) is 5.11 Å². The van der Waals surface area contributed by atoms with Crippen molar-refractivity contribution < 1.29 is 19.5 Å². The van der Waals surface area contributed by atoms with Crippen LogP contribution in [0.3, 0.4) is 0 Å². The molecule has 0 unspecified atom stereocenters. The third-order valence-corrected chi connectivity index (χ3v) is 2.11. The molecule has 1 fully saturated rings. The summed E-state index contributed by atoms with van der Waals surface area (Å²) in [6.07, 6.45) is 1.74. The number of aliphatic carboxylic acids is 1. The molecule has 0 aromatic carbocycles. The highest BCUT2D eigenvalue weighted by atomic mass is 16.4. The monoisotopic (exact) mass is 212 g/mol. The van der Waals surface area contributed by atoms with Gasteiger partial charge in [0.05, 0.1) is 6.54 Å². The Labute approximate surface area is 86.6 Å². The lowest BCUT2D eigenvalue weighted by atomic mass is 10.2. The number of carboxylic acids is 1. The number of carbonyl (C=O) groups is 3. The molecule has 0 spiro atoms. The van der Waals surface area contributed by atoms with Gasteiger partial charge in [-0.3, -0.25) is 9.69 Å². The Hall–Kier alpha value is -1.85. The van der Waals surface area contributed by atoms with Gasteiger partial charge in [0, 0.05) is 12.1 Å². The van der Waals surface area contributed by atoms with Crippen LogP contribution in [0.1, 0.15) is 13.3 Å². The Kier molecular flexibility index (Phi) is 3.43. The molecule has 3 amide bonds. The molecule has 0 aromatic rings. The van der Waals surface area contributed by atoms with Gasteiger partial charge in [-0.2, -0.15) is 0 Å². The topological polar surface area (TPSA) is 86.7 Å². The van der Waals surface area contributed by atoms with Gasteiger partial charge in [0.25, 0.3) is 0 Å². The Morgan fingerprint density at radius 2 is 2.27 bits per heavy atom. The maximum absolute atomic E-state index is 11.1. The van der Waals surface area contributed by atoms with Gasteiger partial charge in [-0.1, -0.05) is 13.0 Å². The van der Waals surface area contributed by atoms with Crippen molar-refractivity contribution in [1.29, 1.82) is 0 Å². The first kappa shape index (κ1) is 11.2. The standard InChI is InChI=1S/C9H12N2O4/c1-2-6(8(13)14)3-4-11-7(12)5-10-9(11)15/h3H,2,4-5H2,1H3,(H,10,15)(H,13,14). The van der Waals surface area contributed by atoms with E-state index in [2.05, 4.69) is 5.32 Å². The molecule has 1 aliphatic rings. The summed E-state index contributed by atoms with van der Waals surface area (Å²) in [5.41, 5.74) is 0.197. The SMILES string of the molecule is CCC(=CCN1C(=O)CNC1=O)C(=O)O. The third kappa shape index (κ3) is 2.55. The predicted octanol–water partition coefficient (Wildman–Crippen LogP) is -0.0408. The molecule has 15 heavy (non-hydrogen) atoms. The zero-order valence-corrected chi connectivity index (χ0v) is 8.32. The Bertz CT molecular complexity index is 319. The fourth-order valence-corrected chi connectivity index (χ4v) is 1.22. The molecule has 0 radical (unpaired) electrons. The van der Waals surface area contributed by atoms with E-state index in [0.29, 0.717) is 6.42 Å². The summed E-state index contributed by atoms with van der Waals surface area (Å²) in [6.45, 7) is 1.70. The quantitative estimate of drug-likeness (QED) is 0.505. The van der Waals surface area contributed by atoms with Crippen molar-refractivity contribution >= 4 is 17.9 Å². The number of hydrogen-bond donors (Lipinski definition) is 2. The molecule has 0 saturated carbocycles. The minimum Gasteiger partial charge on any atom is -0.478 e. The number of imide groups is 1. The van der Waals surface area contributed by atoms with Crippen molar-refractivity contribution in [1.82, 2.24) is 10.2 Å². The van der Waals surface area contributed by atoms with Gasteiger partial charge in [0.2, 0.25) is 5.91 Å². The van der Waals surface area contributed by atoms with Crippen LogP contribution in [0.5, 0.6) is 0 Å². The van der Waals surface area contributed by atoms with Crippen molar-refractivity contribution in [3.05, 3.63) is 11.6 Å². The lowest BCUT2D eigenvalue weighted by Gasteiger charge is -2.09. The van der Waals surface area contributed by atoms with E-state index in [0.717, 1.165) is 4.90 Å². The maximum Gasteiger partial charge on any atom is 0.331 e. The van der Waals surface area contributed by atoms with Crippen molar-refractivity contribution in [2.45, 2.75) is 13.3 Å². The number of hydrogen-bond acceptors (Lipinski definition) is 3. The van der Waals surface area contributed by atoms with Crippen LogP contribution in [0.4, 0.5) is 4.79 Å². The molecular formula is C9H12N2O4. The summed E-state index contributed by atoms with van der Waals surface area (Å²) in [5.74, 6) is -1.36. The van der Waals surface area contributed by atoms with E-state index in [1.807, 2.05) is 0 Å². The second-order valence-electron chi connectivity index (χ2n) is 3.05. The van der Waals surface area contributed by atoms with E-state index >= 15 is 0 Å². The van der Waals surface area contributed by atoms with Gasteiger partial charge in [0.1, 0.15) is 0 Å². The highest BCUT2D eigenvalue weighted by Gasteiger charge is 2.27. The van der Waals surface area contributed by atoms with Crippen molar-refractivity contribution in [3.8, 4) is 0 Å². The average molecular weight is 212 g/mol. The van der Waals surface area contributed by atoms with Crippen LogP contribution < -0.4 is 5.32 Å². The second-order valence-corrected chi connectivity index (χ2v) is 3.05. The number of carbonyl (C=O) groups excluding carboxylic acids is 2. The zero-order chi connectivity index (χ0) is 11.4. The minimum atomic E-state index is -1.02. The summed E-state index contributed by atoms with van der Waals surface area (Å²) in [6, 6.07) is -0.475. The Morgan fingerprint density at radius 1 is 1.60 bits per heavy atom. The van der Waals surface area contributed by atoms with Gasteiger partial charge in [0.15, 0.2) is 0 Å². The molecule has 6 heteroatoms. The lowest BCUT2D eigenvalue weighted by molar-refractivity contribution is -0.133. The molecular weight excluding hydrogens is 200 g/mol. The van der Waals surface area contributed by atoms with Crippen LogP contribution in [0.15, 0.2) is 11.6 Å². The predicted molar refractivity (Wildman–Crippen MR) is 51.1 cm³/mol. The van der Waals surface area contributed by atoms with Gasteiger partial charge < -0.3 is 10.4 Å². The zero-order valence-electron chi connectivity index (χ0n) is 8.32. The van der Waals surface area contributed by atoms with Crippen LogP contribution in [0.2, 0.25) is 0 Å². The van der Waals surface area contributed by atoms with E-state index in [-0.39, 0.29) is 24.6 Å². The van der Waals surface area contributed by atoms with E-state index in [9.17, 15) is 14.4 Å². The van der Waals surface area contributed by atoms with Gasteiger partial charge in [-0.05, 0) is 6.42 Å². The molecule has 1 aliphatic heterocycles. The maximum atomic E-state index is 11.1. The van der Waals surface area contributed by atoms with E-state index in [1.54, 1.807) is 6.92 Å². The number of rotatable bonds is 4. The molecule has 1 heterocycles. The third-order valence-electron chi connectivity index (χ3n) is 2.11. The summed E-state index contributed by atoms with van der Waals surface area (Å²) in [7, 11) is 0. The first-order valence-electron chi connectivity index (χ1n) is 4.56. The highest BCUT2D eigenvalue weighted by Crippen LogP contribution is 2.04. The first-order valence-corrected chi connectivity index (χ1v) is 4.56. The molecule has 2 N–H and O–H groups in total. The van der Waals surface area contributed by atoms with Crippen molar-refractivity contribution in [2.24, 2.45) is 0 Å². The van der Waals surface area contributed by atoms with Crippen LogP contribution >= 0.6 is 0 Å². The fraction of sp³-hybridized carbons (Fsp3) is 0.444. The van der Waals surface area contributed by atoms with Crippen LogP contribution in [0.25, 0.3) is 0 Å². The smallest absolute Gasteiger partial charge is 0.331 e. The van der Waals surface area contributed by atoms with Crippen molar-refractivity contribution in [2.75, 3.05) is 13.1 Å². The molecule has 1 rings (SSSR count).